The Labute approximate surface area is 141 Å². The van der Waals surface area contributed by atoms with E-state index in [1.807, 2.05) is 0 Å². The smallest absolute Gasteiger partial charge is 0.243 e. The van der Waals surface area contributed by atoms with E-state index in [0.717, 1.165) is 32.6 Å². The van der Waals surface area contributed by atoms with Gasteiger partial charge in [-0.1, -0.05) is 23.2 Å². The summed E-state index contributed by atoms with van der Waals surface area (Å²) in [5.41, 5.74) is 0. The summed E-state index contributed by atoms with van der Waals surface area (Å²) < 4.78 is 27.0. The molecule has 2 aliphatic heterocycles. The number of piperazine rings is 1. The zero-order valence-electron chi connectivity index (χ0n) is 12.1. The summed E-state index contributed by atoms with van der Waals surface area (Å²) in [5, 5.41) is 3.94. The summed E-state index contributed by atoms with van der Waals surface area (Å²) in [6, 6.07) is 4.78. The van der Waals surface area contributed by atoms with Gasteiger partial charge in [0, 0.05) is 45.3 Å². The van der Waals surface area contributed by atoms with Crippen molar-refractivity contribution in [2.45, 2.75) is 17.4 Å². The predicted octanol–water partition coefficient (Wildman–Crippen LogP) is 1.66. The number of hydrogen-bond acceptors (Lipinski definition) is 4. The van der Waals surface area contributed by atoms with Crippen molar-refractivity contribution in [2.24, 2.45) is 0 Å². The molecule has 2 fully saturated rings. The molecule has 0 amide bonds. The molecule has 1 aromatic carbocycles. The van der Waals surface area contributed by atoms with Crippen LogP contribution in [0.1, 0.15) is 6.42 Å². The van der Waals surface area contributed by atoms with Crippen LogP contribution in [-0.2, 0) is 10.0 Å². The highest BCUT2D eigenvalue weighted by Gasteiger charge is 2.35. The lowest BCUT2D eigenvalue weighted by Crippen LogP contribution is -2.49. The maximum absolute atomic E-state index is 12.7. The van der Waals surface area contributed by atoms with Crippen molar-refractivity contribution >= 4 is 33.2 Å². The topological polar surface area (TPSA) is 52.7 Å². The van der Waals surface area contributed by atoms with Crippen LogP contribution in [0.2, 0.25) is 10.0 Å². The van der Waals surface area contributed by atoms with Crippen molar-refractivity contribution in [1.82, 2.24) is 14.5 Å². The van der Waals surface area contributed by atoms with Crippen LogP contribution in [0, 0.1) is 0 Å². The van der Waals surface area contributed by atoms with Crippen LogP contribution >= 0.6 is 23.2 Å². The van der Waals surface area contributed by atoms with Gasteiger partial charge in [0.1, 0.15) is 0 Å². The predicted molar refractivity (Wildman–Crippen MR) is 88.1 cm³/mol. The first-order valence-electron chi connectivity index (χ1n) is 7.38. The normalized spacial score (nSPS) is 24.7. The van der Waals surface area contributed by atoms with Gasteiger partial charge in [0.05, 0.1) is 14.9 Å². The van der Waals surface area contributed by atoms with Crippen LogP contribution in [0.4, 0.5) is 0 Å². The first kappa shape index (κ1) is 16.5. The lowest BCUT2D eigenvalue weighted by Gasteiger charge is -2.32. The molecule has 122 valence electrons. The van der Waals surface area contributed by atoms with Gasteiger partial charge in [0.2, 0.25) is 10.0 Å². The second kappa shape index (κ2) is 6.63. The van der Waals surface area contributed by atoms with Crippen LogP contribution in [0.3, 0.4) is 0 Å². The summed E-state index contributed by atoms with van der Waals surface area (Å²) in [5.74, 6) is 0. The molecule has 2 aliphatic rings. The fourth-order valence-corrected chi connectivity index (χ4v) is 4.94. The zero-order chi connectivity index (χ0) is 15.7. The molecule has 2 saturated heterocycles. The van der Waals surface area contributed by atoms with Gasteiger partial charge in [0.15, 0.2) is 0 Å². The minimum Gasteiger partial charge on any atom is -0.314 e. The number of nitrogens with zero attached hydrogens (tertiary/aromatic N) is 2. The Bertz CT molecular complexity index is 647. The standard InChI is InChI=1S/C14H19Cl2N3O2S/c15-13-2-1-12(9-14(13)16)22(20,21)19-6-3-11(10-19)18-7-4-17-5-8-18/h1-2,9,11,17H,3-8,10H2. The molecule has 1 aromatic rings. The number of hydrogen-bond donors (Lipinski definition) is 1. The van der Waals surface area contributed by atoms with Crippen LogP contribution in [0.15, 0.2) is 23.1 Å². The molecule has 0 aliphatic carbocycles. The summed E-state index contributed by atoms with van der Waals surface area (Å²) in [6.45, 7) is 4.99. The third-order valence-electron chi connectivity index (χ3n) is 4.32. The van der Waals surface area contributed by atoms with E-state index >= 15 is 0 Å². The largest absolute Gasteiger partial charge is 0.314 e. The fraction of sp³-hybridized carbons (Fsp3) is 0.571. The minimum atomic E-state index is -3.50. The third-order valence-corrected chi connectivity index (χ3v) is 6.92. The fourth-order valence-electron chi connectivity index (χ4n) is 3.06. The SMILES string of the molecule is O=S(=O)(c1ccc(Cl)c(Cl)c1)N1CCC(N2CCNCC2)C1. The van der Waals surface area contributed by atoms with Crippen LogP contribution in [0.5, 0.6) is 0 Å². The first-order chi connectivity index (χ1) is 10.5. The van der Waals surface area contributed by atoms with Gasteiger partial charge in [-0.05, 0) is 24.6 Å². The van der Waals surface area contributed by atoms with Crippen LogP contribution < -0.4 is 5.32 Å². The van der Waals surface area contributed by atoms with Crippen molar-refractivity contribution in [1.29, 1.82) is 0 Å². The molecule has 0 aromatic heterocycles. The van der Waals surface area contributed by atoms with Gasteiger partial charge in [-0.2, -0.15) is 4.31 Å². The highest BCUT2D eigenvalue weighted by Crippen LogP contribution is 2.28. The zero-order valence-corrected chi connectivity index (χ0v) is 14.5. The lowest BCUT2D eigenvalue weighted by molar-refractivity contribution is 0.179. The quantitative estimate of drug-likeness (QED) is 0.887. The Balaban J connectivity index is 1.74. The number of nitrogens with one attached hydrogen (secondary N) is 1. The van der Waals surface area contributed by atoms with E-state index in [2.05, 4.69) is 10.2 Å². The van der Waals surface area contributed by atoms with Gasteiger partial charge < -0.3 is 5.32 Å². The van der Waals surface area contributed by atoms with E-state index < -0.39 is 10.0 Å². The van der Waals surface area contributed by atoms with E-state index in [9.17, 15) is 8.42 Å². The van der Waals surface area contributed by atoms with Gasteiger partial charge in [-0.15, -0.1) is 0 Å². The molecule has 3 rings (SSSR count). The molecule has 0 bridgehead atoms. The average Bonchev–Trinajstić information content (AvgIpc) is 3.01. The number of benzene rings is 1. The summed E-state index contributed by atoms with van der Waals surface area (Å²) in [4.78, 5) is 2.59. The molecule has 5 nitrogen and oxygen atoms in total. The van der Waals surface area contributed by atoms with E-state index in [-0.39, 0.29) is 9.92 Å². The first-order valence-corrected chi connectivity index (χ1v) is 9.58. The third kappa shape index (κ3) is 3.27. The summed E-state index contributed by atoms with van der Waals surface area (Å²) in [6.07, 6.45) is 0.876. The number of rotatable bonds is 3. The highest BCUT2D eigenvalue weighted by molar-refractivity contribution is 7.89. The molecule has 0 spiro atoms. The van der Waals surface area contributed by atoms with Crippen LogP contribution in [0.25, 0.3) is 0 Å². The lowest BCUT2D eigenvalue weighted by atomic mass is 10.2. The number of sulfonamides is 1. The Morgan fingerprint density at radius 3 is 2.50 bits per heavy atom. The summed E-state index contributed by atoms with van der Waals surface area (Å²) in [7, 11) is -3.50. The molecule has 0 radical (unpaired) electrons. The summed E-state index contributed by atoms with van der Waals surface area (Å²) >= 11 is 11.8. The second-order valence-corrected chi connectivity index (χ2v) is 8.42. The van der Waals surface area contributed by atoms with Crippen molar-refractivity contribution in [2.75, 3.05) is 39.3 Å². The van der Waals surface area contributed by atoms with E-state index in [0.29, 0.717) is 24.2 Å². The van der Waals surface area contributed by atoms with Crippen molar-refractivity contribution in [3.05, 3.63) is 28.2 Å². The van der Waals surface area contributed by atoms with Gasteiger partial charge in [-0.3, -0.25) is 4.90 Å². The second-order valence-electron chi connectivity index (χ2n) is 5.67. The molecule has 1 N–H and O–H groups in total. The Morgan fingerprint density at radius 2 is 1.82 bits per heavy atom. The minimum absolute atomic E-state index is 0.211. The maximum atomic E-state index is 12.7. The maximum Gasteiger partial charge on any atom is 0.243 e. The Kier molecular flexibility index (Phi) is 4.97. The molecule has 1 atom stereocenters. The highest BCUT2D eigenvalue weighted by atomic mass is 35.5. The molecular weight excluding hydrogens is 345 g/mol. The van der Waals surface area contributed by atoms with Gasteiger partial charge in [0.25, 0.3) is 0 Å². The van der Waals surface area contributed by atoms with Crippen molar-refractivity contribution < 1.29 is 8.42 Å². The molecule has 2 heterocycles. The molecule has 1 unspecified atom stereocenters. The van der Waals surface area contributed by atoms with E-state index in [1.165, 1.54) is 18.2 Å². The monoisotopic (exact) mass is 363 g/mol. The van der Waals surface area contributed by atoms with Crippen molar-refractivity contribution in [3.8, 4) is 0 Å². The molecule has 0 saturated carbocycles. The van der Waals surface area contributed by atoms with E-state index in [1.54, 1.807) is 4.31 Å². The van der Waals surface area contributed by atoms with Gasteiger partial charge >= 0.3 is 0 Å². The molecule has 22 heavy (non-hydrogen) atoms. The van der Waals surface area contributed by atoms with Crippen molar-refractivity contribution in [3.63, 3.8) is 0 Å². The van der Waals surface area contributed by atoms with Gasteiger partial charge in [-0.25, -0.2) is 8.42 Å². The Morgan fingerprint density at radius 1 is 1.09 bits per heavy atom. The van der Waals surface area contributed by atoms with Crippen LogP contribution in [-0.4, -0.2) is 62.9 Å². The Hall–Kier alpha value is -0.370. The number of halogens is 2. The molecule has 8 heteroatoms. The molecular formula is C14H19Cl2N3O2S. The average molecular weight is 364 g/mol. The van der Waals surface area contributed by atoms with E-state index in [4.69, 9.17) is 23.2 Å².